The summed E-state index contributed by atoms with van der Waals surface area (Å²) in [6.45, 7) is 6.29. The molecule has 0 spiro atoms. The van der Waals surface area contributed by atoms with Crippen LogP contribution in [0.25, 0.3) is 0 Å². The minimum Gasteiger partial charge on any atom is -0.313 e. The highest BCUT2D eigenvalue weighted by Gasteiger charge is 2.23. The van der Waals surface area contributed by atoms with E-state index < -0.39 is 20.7 Å². The fraction of sp³-hybridized carbons (Fsp3) is 0.538. The van der Waals surface area contributed by atoms with Crippen LogP contribution >= 0.6 is 11.6 Å². The fourth-order valence-electron chi connectivity index (χ4n) is 1.72. The SMILES string of the molecule is CCCNCc1cc(Cl)cc(S(=O)(=O)NC(C)C)c1F. The van der Waals surface area contributed by atoms with Gasteiger partial charge in [-0.2, -0.15) is 0 Å². The van der Waals surface area contributed by atoms with Gasteiger partial charge in [0.05, 0.1) is 0 Å². The molecule has 0 unspecified atom stereocenters. The smallest absolute Gasteiger partial charge is 0.243 e. The van der Waals surface area contributed by atoms with Crippen molar-refractivity contribution in [3.05, 3.63) is 28.5 Å². The average Bonchev–Trinajstić information content (AvgIpc) is 2.31. The minimum atomic E-state index is -3.90. The average molecular weight is 323 g/mol. The highest BCUT2D eigenvalue weighted by atomic mass is 35.5. The second-order valence-electron chi connectivity index (χ2n) is 4.83. The summed E-state index contributed by atoms with van der Waals surface area (Å²) in [5.41, 5.74) is 0.245. The van der Waals surface area contributed by atoms with Gasteiger partial charge in [-0.05, 0) is 38.9 Å². The number of nitrogens with one attached hydrogen (secondary N) is 2. The van der Waals surface area contributed by atoms with Crippen LogP contribution in [0.15, 0.2) is 17.0 Å². The third-order valence-electron chi connectivity index (χ3n) is 2.50. The lowest BCUT2D eigenvalue weighted by Gasteiger charge is -2.13. The van der Waals surface area contributed by atoms with Crippen LogP contribution in [-0.2, 0) is 16.6 Å². The molecule has 0 aromatic heterocycles. The molecule has 0 fully saturated rings. The first-order chi connectivity index (χ1) is 9.27. The van der Waals surface area contributed by atoms with E-state index in [2.05, 4.69) is 10.0 Å². The molecule has 0 atom stereocenters. The molecule has 2 N–H and O–H groups in total. The summed E-state index contributed by atoms with van der Waals surface area (Å²) in [5, 5.41) is 3.22. The molecule has 0 radical (unpaired) electrons. The molecule has 0 aliphatic carbocycles. The molecule has 1 rings (SSSR count). The molecule has 0 aliphatic heterocycles. The Kier molecular flexibility index (Phi) is 6.39. The van der Waals surface area contributed by atoms with Gasteiger partial charge in [0.25, 0.3) is 0 Å². The molecule has 0 saturated heterocycles. The molecule has 7 heteroatoms. The molecule has 1 aromatic rings. The Bertz CT molecular complexity index is 562. The van der Waals surface area contributed by atoms with Crippen molar-refractivity contribution in [2.45, 2.75) is 44.7 Å². The zero-order valence-electron chi connectivity index (χ0n) is 11.8. The molecule has 4 nitrogen and oxygen atoms in total. The zero-order valence-corrected chi connectivity index (χ0v) is 13.4. The molecule has 0 aliphatic rings. The van der Waals surface area contributed by atoms with Crippen molar-refractivity contribution in [2.75, 3.05) is 6.54 Å². The molecular formula is C13H20ClFN2O2S. The van der Waals surface area contributed by atoms with E-state index in [9.17, 15) is 12.8 Å². The van der Waals surface area contributed by atoms with E-state index in [4.69, 9.17) is 11.6 Å². The molecule has 0 saturated carbocycles. The van der Waals surface area contributed by atoms with E-state index in [0.717, 1.165) is 19.0 Å². The first kappa shape index (κ1) is 17.4. The predicted octanol–water partition coefficient (Wildman–Crippen LogP) is 2.67. The van der Waals surface area contributed by atoms with Crippen LogP contribution in [0.2, 0.25) is 5.02 Å². The largest absolute Gasteiger partial charge is 0.313 e. The third kappa shape index (κ3) is 4.70. The maximum Gasteiger partial charge on any atom is 0.243 e. The van der Waals surface area contributed by atoms with E-state index in [-0.39, 0.29) is 23.2 Å². The Balaban J connectivity index is 3.14. The van der Waals surface area contributed by atoms with Crippen molar-refractivity contribution in [2.24, 2.45) is 0 Å². The van der Waals surface area contributed by atoms with Crippen molar-refractivity contribution in [3.63, 3.8) is 0 Å². The van der Waals surface area contributed by atoms with Gasteiger partial charge in [0, 0.05) is 23.2 Å². The Morgan fingerprint density at radius 1 is 1.35 bits per heavy atom. The molecule has 1 aromatic carbocycles. The summed E-state index contributed by atoms with van der Waals surface area (Å²) in [7, 11) is -3.90. The van der Waals surface area contributed by atoms with Gasteiger partial charge in [0.1, 0.15) is 10.7 Å². The Morgan fingerprint density at radius 2 is 2.00 bits per heavy atom. The van der Waals surface area contributed by atoms with Gasteiger partial charge in [-0.25, -0.2) is 17.5 Å². The Morgan fingerprint density at radius 3 is 2.55 bits per heavy atom. The van der Waals surface area contributed by atoms with Gasteiger partial charge in [-0.1, -0.05) is 18.5 Å². The number of halogens is 2. The van der Waals surface area contributed by atoms with Crippen molar-refractivity contribution < 1.29 is 12.8 Å². The molecular weight excluding hydrogens is 303 g/mol. The monoisotopic (exact) mass is 322 g/mol. The van der Waals surface area contributed by atoms with Crippen LogP contribution in [0, 0.1) is 5.82 Å². The number of sulfonamides is 1. The summed E-state index contributed by atoms with van der Waals surface area (Å²) in [6.07, 6.45) is 0.905. The summed E-state index contributed by atoms with van der Waals surface area (Å²) in [6, 6.07) is 2.25. The second-order valence-corrected chi connectivity index (χ2v) is 6.95. The van der Waals surface area contributed by atoms with Crippen LogP contribution < -0.4 is 10.0 Å². The maximum atomic E-state index is 14.3. The summed E-state index contributed by atoms with van der Waals surface area (Å²) in [4.78, 5) is -0.410. The molecule has 0 heterocycles. The summed E-state index contributed by atoms with van der Waals surface area (Å²) < 4.78 is 40.8. The molecule has 114 valence electrons. The lowest BCUT2D eigenvalue weighted by atomic mass is 10.2. The van der Waals surface area contributed by atoms with E-state index in [1.54, 1.807) is 13.8 Å². The predicted molar refractivity (Wildman–Crippen MR) is 78.9 cm³/mol. The quantitative estimate of drug-likeness (QED) is 0.759. The van der Waals surface area contributed by atoms with Crippen molar-refractivity contribution in [3.8, 4) is 0 Å². The van der Waals surface area contributed by atoms with Crippen LogP contribution in [0.4, 0.5) is 4.39 Å². The van der Waals surface area contributed by atoms with Crippen LogP contribution in [0.3, 0.4) is 0 Å². The van der Waals surface area contributed by atoms with Gasteiger partial charge in [-0.3, -0.25) is 0 Å². The summed E-state index contributed by atoms with van der Waals surface area (Å²) >= 11 is 5.89. The van der Waals surface area contributed by atoms with Crippen LogP contribution in [0.1, 0.15) is 32.8 Å². The Hall–Kier alpha value is -0.690. The maximum absolute atomic E-state index is 14.3. The lowest BCUT2D eigenvalue weighted by Crippen LogP contribution is -2.31. The number of benzene rings is 1. The van der Waals surface area contributed by atoms with E-state index >= 15 is 0 Å². The van der Waals surface area contributed by atoms with E-state index in [1.807, 2.05) is 6.92 Å². The molecule has 0 amide bonds. The van der Waals surface area contributed by atoms with Crippen molar-refractivity contribution in [1.82, 2.24) is 10.0 Å². The highest BCUT2D eigenvalue weighted by molar-refractivity contribution is 7.89. The first-order valence-electron chi connectivity index (χ1n) is 6.49. The lowest BCUT2D eigenvalue weighted by molar-refractivity contribution is 0.536. The van der Waals surface area contributed by atoms with Crippen LogP contribution in [-0.4, -0.2) is 21.0 Å². The van der Waals surface area contributed by atoms with Crippen molar-refractivity contribution in [1.29, 1.82) is 0 Å². The second kappa shape index (κ2) is 7.36. The van der Waals surface area contributed by atoms with Gasteiger partial charge >= 0.3 is 0 Å². The fourth-order valence-corrected chi connectivity index (χ4v) is 3.42. The third-order valence-corrected chi connectivity index (χ3v) is 4.38. The zero-order chi connectivity index (χ0) is 15.3. The normalized spacial score (nSPS) is 12.1. The van der Waals surface area contributed by atoms with Gasteiger partial charge in [0.2, 0.25) is 10.0 Å². The summed E-state index contributed by atoms with van der Waals surface area (Å²) in [5.74, 6) is -0.758. The number of rotatable bonds is 7. The van der Waals surface area contributed by atoms with Gasteiger partial charge < -0.3 is 5.32 Å². The topological polar surface area (TPSA) is 58.2 Å². The van der Waals surface area contributed by atoms with Gasteiger partial charge in [0.15, 0.2) is 0 Å². The number of hydrogen-bond donors (Lipinski definition) is 2. The highest BCUT2D eigenvalue weighted by Crippen LogP contribution is 2.24. The van der Waals surface area contributed by atoms with E-state index in [0.29, 0.717) is 0 Å². The molecule has 20 heavy (non-hydrogen) atoms. The first-order valence-corrected chi connectivity index (χ1v) is 8.35. The van der Waals surface area contributed by atoms with Gasteiger partial charge in [-0.15, -0.1) is 0 Å². The minimum absolute atomic E-state index is 0.198. The standard InChI is InChI=1S/C13H20ClFN2O2S/c1-4-5-16-8-10-6-11(14)7-12(13(10)15)20(18,19)17-9(2)3/h6-7,9,16-17H,4-5,8H2,1-3H3. The number of hydrogen-bond acceptors (Lipinski definition) is 3. The Labute approximate surface area is 124 Å². The van der Waals surface area contributed by atoms with E-state index in [1.165, 1.54) is 6.07 Å². The van der Waals surface area contributed by atoms with Crippen LogP contribution in [0.5, 0.6) is 0 Å². The molecule has 0 bridgehead atoms. The van der Waals surface area contributed by atoms with Crippen molar-refractivity contribution >= 4 is 21.6 Å².